The molecule has 142 valence electrons. The van der Waals surface area contributed by atoms with E-state index >= 15 is 0 Å². The van der Waals surface area contributed by atoms with Gasteiger partial charge in [0.2, 0.25) is 0 Å². The highest BCUT2D eigenvalue weighted by Gasteiger charge is 2.27. The lowest BCUT2D eigenvalue weighted by molar-refractivity contribution is 0.0705. The summed E-state index contributed by atoms with van der Waals surface area (Å²) < 4.78 is 13.9. The van der Waals surface area contributed by atoms with Gasteiger partial charge in [0.25, 0.3) is 5.91 Å². The number of piperidine rings is 1. The van der Waals surface area contributed by atoms with E-state index < -0.39 is 0 Å². The average molecular weight is 375 g/mol. The lowest BCUT2D eigenvalue weighted by atomic mass is 9.94. The number of aryl methyl sites for hydroxylation is 1. The van der Waals surface area contributed by atoms with Gasteiger partial charge >= 0.3 is 0 Å². The molecular formula is C23H22FN3O. The lowest BCUT2D eigenvalue weighted by Crippen LogP contribution is -2.39. The zero-order valence-electron chi connectivity index (χ0n) is 15.8. The topological polar surface area (TPSA) is 46.1 Å². The molecule has 0 spiro atoms. The van der Waals surface area contributed by atoms with E-state index in [1.54, 1.807) is 25.3 Å². The number of halogens is 1. The van der Waals surface area contributed by atoms with Crippen LogP contribution in [0.5, 0.6) is 0 Å². The third kappa shape index (κ3) is 3.79. The Morgan fingerprint density at radius 1 is 1.14 bits per heavy atom. The van der Waals surface area contributed by atoms with Crippen molar-refractivity contribution in [3.8, 4) is 11.4 Å². The Labute approximate surface area is 164 Å². The summed E-state index contributed by atoms with van der Waals surface area (Å²) >= 11 is 0. The number of benzene rings is 2. The number of hydrogen-bond donors (Lipinski definition) is 0. The monoisotopic (exact) mass is 375 g/mol. The first kappa shape index (κ1) is 18.3. The largest absolute Gasteiger partial charge is 0.338 e. The second kappa shape index (κ2) is 7.89. The van der Waals surface area contributed by atoms with E-state index in [4.69, 9.17) is 4.98 Å². The van der Waals surface area contributed by atoms with Crippen molar-refractivity contribution in [2.45, 2.75) is 25.7 Å². The summed E-state index contributed by atoms with van der Waals surface area (Å²) in [5.41, 5.74) is 2.86. The number of rotatable bonds is 3. The van der Waals surface area contributed by atoms with E-state index in [1.807, 2.05) is 41.3 Å². The molecule has 1 aliphatic heterocycles. The second-order valence-corrected chi connectivity index (χ2v) is 7.23. The first-order chi connectivity index (χ1) is 13.6. The van der Waals surface area contributed by atoms with Crippen molar-refractivity contribution in [1.82, 2.24) is 14.9 Å². The summed E-state index contributed by atoms with van der Waals surface area (Å²) in [7, 11) is 0. The van der Waals surface area contributed by atoms with Gasteiger partial charge in [0.05, 0.1) is 0 Å². The number of carbonyl (C=O) groups excluding carboxylic acids is 1. The first-order valence-corrected chi connectivity index (χ1v) is 9.55. The molecule has 1 amide bonds. The number of nitrogens with zero attached hydrogens (tertiary/aromatic N) is 3. The van der Waals surface area contributed by atoms with Crippen molar-refractivity contribution in [3.63, 3.8) is 0 Å². The van der Waals surface area contributed by atoms with E-state index in [2.05, 4.69) is 4.98 Å². The molecular weight excluding hydrogens is 353 g/mol. The van der Waals surface area contributed by atoms with Gasteiger partial charge < -0.3 is 4.90 Å². The Kier molecular flexibility index (Phi) is 5.15. The van der Waals surface area contributed by atoms with E-state index in [-0.39, 0.29) is 17.6 Å². The fraction of sp³-hybridized carbons (Fsp3) is 0.261. The van der Waals surface area contributed by atoms with Gasteiger partial charge in [-0.15, -0.1) is 0 Å². The molecule has 0 radical (unpaired) electrons. The van der Waals surface area contributed by atoms with Crippen LogP contribution in [0.2, 0.25) is 0 Å². The molecule has 0 aliphatic carbocycles. The molecule has 1 unspecified atom stereocenters. The molecule has 1 saturated heterocycles. The van der Waals surface area contributed by atoms with Crippen molar-refractivity contribution in [2.75, 3.05) is 13.1 Å². The van der Waals surface area contributed by atoms with Crippen LogP contribution in [0.4, 0.5) is 4.39 Å². The summed E-state index contributed by atoms with van der Waals surface area (Å²) in [6.07, 6.45) is 3.65. The Morgan fingerprint density at radius 2 is 1.96 bits per heavy atom. The van der Waals surface area contributed by atoms with Crippen molar-refractivity contribution in [2.24, 2.45) is 0 Å². The Hall–Kier alpha value is -3.08. The number of carbonyl (C=O) groups is 1. The van der Waals surface area contributed by atoms with E-state index in [1.165, 1.54) is 6.07 Å². The molecule has 1 atom stereocenters. The maximum Gasteiger partial charge on any atom is 0.253 e. The molecule has 2 heterocycles. The van der Waals surface area contributed by atoms with Gasteiger partial charge in [0.15, 0.2) is 5.82 Å². The quantitative estimate of drug-likeness (QED) is 0.671. The van der Waals surface area contributed by atoms with Gasteiger partial charge in [-0.1, -0.05) is 36.4 Å². The predicted molar refractivity (Wildman–Crippen MR) is 106 cm³/mol. The fourth-order valence-electron chi connectivity index (χ4n) is 3.64. The predicted octanol–water partition coefficient (Wildman–Crippen LogP) is 4.61. The third-order valence-corrected chi connectivity index (χ3v) is 5.25. The van der Waals surface area contributed by atoms with Crippen LogP contribution >= 0.6 is 0 Å². The molecule has 2 aromatic carbocycles. The van der Waals surface area contributed by atoms with Gasteiger partial charge in [-0.05, 0) is 43.5 Å². The van der Waals surface area contributed by atoms with Crippen LogP contribution in [-0.4, -0.2) is 33.9 Å². The second-order valence-electron chi connectivity index (χ2n) is 7.23. The molecule has 0 N–H and O–H groups in total. The van der Waals surface area contributed by atoms with Gasteiger partial charge in [0.1, 0.15) is 5.82 Å². The highest BCUT2D eigenvalue weighted by atomic mass is 19.1. The first-order valence-electron chi connectivity index (χ1n) is 9.55. The Bertz CT molecular complexity index is 990. The number of hydrogen-bond acceptors (Lipinski definition) is 3. The zero-order valence-corrected chi connectivity index (χ0v) is 15.8. The average Bonchev–Trinajstić information content (AvgIpc) is 2.76. The Balaban J connectivity index is 1.54. The standard InChI is InChI=1S/C23H22FN3O/c1-16-9-10-18(14-20(16)24)23(28)27-13-5-8-19(15-27)21-11-12-25-22(26-21)17-6-3-2-4-7-17/h2-4,6-7,9-12,14,19H,5,8,13,15H2,1H3. The summed E-state index contributed by atoms with van der Waals surface area (Å²) in [5.74, 6) is 0.379. The molecule has 28 heavy (non-hydrogen) atoms. The minimum absolute atomic E-state index is 0.124. The highest BCUT2D eigenvalue weighted by molar-refractivity contribution is 5.94. The summed E-state index contributed by atoms with van der Waals surface area (Å²) in [6.45, 7) is 2.96. The van der Waals surface area contributed by atoms with E-state index in [9.17, 15) is 9.18 Å². The molecule has 3 aromatic rings. The molecule has 4 rings (SSSR count). The minimum Gasteiger partial charge on any atom is -0.338 e. The van der Waals surface area contributed by atoms with Crippen molar-refractivity contribution >= 4 is 5.91 Å². The molecule has 1 fully saturated rings. The number of aromatic nitrogens is 2. The van der Waals surface area contributed by atoms with Gasteiger partial charge in [-0.25, -0.2) is 14.4 Å². The molecule has 0 saturated carbocycles. The fourth-order valence-corrected chi connectivity index (χ4v) is 3.64. The van der Waals surface area contributed by atoms with Crippen molar-refractivity contribution in [1.29, 1.82) is 0 Å². The molecule has 1 aliphatic rings. The maximum absolute atomic E-state index is 13.9. The van der Waals surface area contributed by atoms with Crippen LogP contribution < -0.4 is 0 Å². The minimum atomic E-state index is -0.345. The lowest BCUT2D eigenvalue weighted by Gasteiger charge is -2.32. The smallest absolute Gasteiger partial charge is 0.253 e. The maximum atomic E-state index is 13.9. The van der Waals surface area contributed by atoms with E-state index in [0.717, 1.165) is 24.1 Å². The molecule has 4 nitrogen and oxygen atoms in total. The van der Waals surface area contributed by atoms with Gasteiger partial charge in [-0.2, -0.15) is 0 Å². The van der Waals surface area contributed by atoms with Crippen LogP contribution in [0.15, 0.2) is 60.8 Å². The molecule has 1 aromatic heterocycles. The van der Waals surface area contributed by atoms with Gasteiger partial charge in [0, 0.05) is 42.0 Å². The number of likely N-dealkylation sites (tertiary alicyclic amines) is 1. The molecule has 5 heteroatoms. The van der Waals surface area contributed by atoms with Crippen molar-refractivity contribution in [3.05, 3.63) is 83.4 Å². The van der Waals surface area contributed by atoms with Crippen LogP contribution in [-0.2, 0) is 0 Å². The number of amides is 1. The van der Waals surface area contributed by atoms with Crippen molar-refractivity contribution < 1.29 is 9.18 Å². The highest BCUT2D eigenvalue weighted by Crippen LogP contribution is 2.28. The summed E-state index contributed by atoms with van der Waals surface area (Å²) in [5, 5.41) is 0. The van der Waals surface area contributed by atoms with Crippen LogP contribution in [0.1, 0.15) is 40.4 Å². The van der Waals surface area contributed by atoms with Gasteiger partial charge in [-0.3, -0.25) is 4.79 Å². The normalized spacial score (nSPS) is 16.8. The van der Waals surface area contributed by atoms with Crippen LogP contribution in [0, 0.1) is 12.7 Å². The summed E-state index contributed by atoms with van der Waals surface area (Å²) in [6, 6.07) is 16.5. The van der Waals surface area contributed by atoms with Crippen LogP contribution in [0.25, 0.3) is 11.4 Å². The third-order valence-electron chi connectivity index (χ3n) is 5.25. The van der Waals surface area contributed by atoms with Crippen LogP contribution in [0.3, 0.4) is 0 Å². The van der Waals surface area contributed by atoms with E-state index in [0.29, 0.717) is 30.0 Å². The Morgan fingerprint density at radius 3 is 2.75 bits per heavy atom. The summed E-state index contributed by atoms with van der Waals surface area (Å²) in [4.78, 5) is 23.8. The zero-order chi connectivity index (χ0) is 19.5. The molecule has 0 bridgehead atoms. The SMILES string of the molecule is Cc1ccc(C(=O)N2CCCC(c3ccnc(-c4ccccc4)n3)C2)cc1F.